The molecule has 4 heteroatoms. The summed E-state index contributed by atoms with van der Waals surface area (Å²) < 4.78 is 5.84. The van der Waals surface area contributed by atoms with Crippen LogP contribution in [0.5, 0.6) is 5.75 Å². The van der Waals surface area contributed by atoms with Gasteiger partial charge in [0.25, 0.3) is 0 Å². The second-order valence-corrected chi connectivity index (χ2v) is 5.18. The molecule has 1 fully saturated rings. The van der Waals surface area contributed by atoms with Gasteiger partial charge in [-0.25, -0.2) is 0 Å². The first-order chi connectivity index (χ1) is 9.29. The molecule has 0 amide bonds. The Morgan fingerprint density at radius 3 is 3.16 bits per heavy atom. The van der Waals surface area contributed by atoms with E-state index in [0.717, 1.165) is 37.6 Å². The van der Waals surface area contributed by atoms with Crippen LogP contribution in [0.3, 0.4) is 0 Å². The molecule has 1 aromatic heterocycles. The molecule has 0 aromatic carbocycles. The van der Waals surface area contributed by atoms with E-state index in [2.05, 4.69) is 29.2 Å². The number of hydrogen-bond donors (Lipinski definition) is 1. The van der Waals surface area contributed by atoms with Gasteiger partial charge < -0.3 is 15.0 Å². The molecule has 19 heavy (non-hydrogen) atoms. The molecule has 1 N–H and O–H groups in total. The van der Waals surface area contributed by atoms with Crippen molar-refractivity contribution >= 4 is 0 Å². The zero-order chi connectivity index (χ0) is 13.5. The highest BCUT2D eigenvalue weighted by Gasteiger charge is 2.20. The number of nitrogens with zero attached hydrogens (tertiary/aromatic N) is 2. The van der Waals surface area contributed by atoms with Crippen LogP contribution in [0.4, 0.5) is 0 Å². The summed E-state index contributed by atoms with van der Waals surface area (Å²) in [6, 6.07) is 4.66. The molecule has 1 aromatic rings. The molecule has 0 spiro atoms. The quantitative estimate of drug-likeness (QED) is 0.817. The largest absolute Gasteiger partial charge is 0.493 e. The zero-order valence-corrected chi connectivity index (χ0v) is 12.1. The normalized spacial score (nSPS) is 19.8. The van der Waals surface area contributed by atoms with Crippen molar-refractivity contribution in [2.75, 3.05) is 26.7 Å². The summed E-state index contributed by atoms with van der Waals surface area (Å²) in [5.74, 6) is 0.934. The van der Waals surface area contributed by atoms with Crippen molar-refractivity contribution in [3.8, 4) is 5.75 Å². The standard InChI is InChI=1S/C15H25N3O/c1-3-16-12-13-11-15(6-8-17-13)19-10-7-14-5-4-9-18(14)2/h6,8,11,14,16H,3-5,7,9-10,12H2,1-2H3. The lowest BCUT2D eigenvalue weighted by Gasteiger charge is -2.19. The first kappa shape index (κ1) is 14.3. The Hall–Kier alpha value is -1.13. The van der Waals surface area contributed by atoms with Gasteiger partial charge in [-0.1, -0.05) is 6.92 Å². The molecule has 1 aliphatic rings. The Kier molecular flexibility index (Phi) is 5.61. The van der Waals surface area contributed by atoms with E-state index in [0.29, 0.717) is 6.04 Å². The van der Waals surface area contributed by atoms with Crippen molar-refractivity contribution in [2.24, 2.45) is 0 Å². The van der Waals surface area contributed by atoms with E-state index in [1.807, 2.05) is 18.3 Å². The molecule has 1 unspecified atom stereocenters. The predicted molar refractivity (Wildman–Crippen MR) is 77.4 cm³/mol. The Morgan fingerprint density at radius 2 is 2.42 bits per heavy atom. The minimum atomic E-state index is 0.697. The maximum atomic E-state index is 5.84. The topological polar surface area (TPSA) is 37.4 Å². The fourth-order valence-electron chi connectivity index (χ4n) is 2.55. The van der Waals surface area contributed by atoms with Crippen LogP contribution in [-0.4, -0.2) is 42.7 Å². The average molecular weight is 263 g/mol. The molecule has 0 aliphatic carbocycles. The zero-order valence-electron chi connectivity index (χ0n) is 12.1. The van der Waals surface area contributed by atoms with Gasteiger partial charge in [0.1, 0.15) is 5.75 Å². The summed E-state index contributed by atoms with van der Waals surface area (Å²) in [6.45, 7) is 5.88. The van der Waals surface area contributed by atoms with Gasteiger partial charge in [-0.05, 0) is 45.5 Å². The summed E-state index contributed by atoms with van der Waals surface area (Å²) in [5.41, 5.74) is 1.04. The van der Waals surface area contributed by atoms with Gasteiger partial charge in [-0.15, -0.1) is 0 Å². The molecule has 4 nitrogen and oxygen atoms in total. The van der Waals surface area contributed by atoms with Crippen molar-refractivity contribution in [3.63, 3.8) is 0 Å². The number of aromatic nitrogens is 1. The molecule has 1 aliphatic heterocycles. The lowest BCUT2D eigenvalue weighted by molar-refractivity contribution is 0.233. The number of ether oxygens (including phenoxy) is 1. The number of nitrogens with one attached hydrogen (secondary N) is 1. The van der Waals surface area contributed by atoms with Crippen molar-refractivity contribution < 1.29 is 4.74 Å². The molecule has 0 bridgehead atoms. The maximum Gasteiger partial charge on any atom is 0.122 e. The monoisotopic (exact) mass is 263 g/mol. The van der Waals surface area contributed by atoms with Gasteiger partial charge in [-0.2, -0.15) is 0 Å². The van der Waals surface area contributed by atoms with Crippen LogP contribution in [0.15, 0.2) is 18.3 Å². The molecular formula is C15H25N3O. The van der Waals surface area contributed by atoms with E-state index in [-0.39, 0.29) is 0 Å². The smallest absolute Gasteiger partial charge is 0.122 e. The van der Waals surface area contributed by atoms with E-state index < -0.39 is 0 Å². The fourth-order valence-corrected chi connectivity index (χ4v) is 2.55. The average Bonchev–Trinajstić information content (AvgIpc) is 2.83. The van der Waals surface area contributed by atoms with Gasteiger partial charge in [0, 0.05) is 24.8 Å². The van der Waals surface area contributed by atoms with Gasteiger partial charge >= 0.3 is 0 Å². The van der Waals surface area contributed by atoms with Crippen LogP contribution in [-0.2, 0) is 6.54 Å². The highest BCUT2D eigenvalue weighted by molar-refractivity contribution is 5.22. The highest BCUT2D eigenvalue weighted by atomic mass is 16.5. The van der Waals surface area contributed by atoms with Crippen molar-refractivity contribution in [2.45, 2.75) is 38.8 Å². The van der Waals surface area contributed by atoms with Crippen molar-refractivity contribution in [1.29, 1.82) is 0 Å². The second-order valence-electron chi connectivity index (χ2n) is 5.18. The first-order valence-corrected chi connectivity index (χ1v) is 7.28. The van der Waals surface area contributed by atoms with E-state index >= 15 is 0 Å². The Morgan fingerprint density at radius 1 is 1.53 bits per heavy atom. The molecule has 2 heterocycles. The summed E-state index contributed by atoms with van der Waals surface area (Å²) in [4.78, 5) is 6.76. The predicted octanol–water partition coefficient (Wildman–Crippen LogP) is 2.05. The Balaban J connectivity index is 1.75. The summed E-state index contributed by atoms with van der Waals surface area (Å²) in [5, 5.41) is 3.27. The minimum absolute atomic E-state index is 0.697. The van der Waals surface area contributed by atoms with Gasteiger partial charge in [0.15, 0.2) is 0 Å². The Bertz CT molecular complexity index is 383. The molecule has 0 saturated carbocycles. The third-order valence-electron chi connectivity index (χ3n) is 3.74. The van der Waals surface area contributed by atoms with Crippen LogP contribution in [0.2, 0.25) is 0 Å². The highest BCUT2D eigenvalue weighted by Crippen LogP contribution is 2.18. The molecule has 1 saturated heterocycles. The van der Waals surface area contributed by atoms with Crippen LogP contribution in [0.1, 0.15) is 31.9 Å². The summed E-state index contributed by atoms with van der Waals surface area (Å²) in [7, 11) is 2.21. The minimum Gasteiger partial charge on any atom is -0.493 e. The van der Waals surface area contributed by atoms with E-state index in [4.69, 9.17) is 4.74 Å². The van der Waals surface area contributed by atoms with Gasteiger partial charge in [0.05, 0.1) is 12.3 Å². The maximum absolute atomic E-state index is 5.84. The van der Waals surface area contributed by atoms with Crippen LogP contribution >= 0.6 is 0 Å². The van der Waals surface area contributed by atoms with Crippen molar-refractivity contribution in [3.05, 3.63) is 24.0 Å². The number of rotatable bonds is 7. The van der Waals surface area contributed by atoms with Crippen LogP contribution in [0, 0.1) is 0 Å². The van der Waals surface area contributed by atoms with Gasteiger partial charge in [0.2, 0.25) is 0 Å². The van der Waals surface area contributed by atoms with E-state index in [1.165, 1.54) is 19.4 Å². The van der Waals surface area contributed by atoms with E-state index in [1.54, 1.807) is 0 Å². The Labute approximate surface area is 116 Å². The van der Waals surface area contributed by atoms with E-state index in [9.17, 15) is 0 Å². The second kappa shape index (κ2) is 7.46. The summed E-state index contributed by atoms with van der Waals surface area (Å²) >= 11 is 0. The molecule has 1 atom stereocenters. The number of pyridine rings is 1. The summed E-state index contributed by atoms with van der Waals surface area (Å²) in [6.07, 6.45) is 5.57. The van der Waals surface area contributed by atoms with Crippen LogP contribution in [0.25, 0.3) is 0 Å². The van der Waals surface area contributed by atoms with Gasteiger partial charge in [-0.3, -0.25) is 4.98 Å². The van der Waals surface area contributed by atoms with Crippen LogP contribution < -0.4 is 10.1 Å². The number of hydrogen-bond acceptors (Lipinski definition) is 4. The SMILES string of the molecule is CCNCc1cc(OCCC2CCCN2C)ccn1. The number of likely N-dealkylation sites (tertiary alicyclic amines) is 1. The molecule has 106 valence electrons. The third kappa shape index (κ3) is 4.48. The lowest BCUT2D eigenvalue weighted by Crippen LogP contribution is -2.26. The molecular weight excluding hydrogens is 238 g/mol. The third-order valence-corrected chi connectivity index (χ3v) is 3.74. The lowest BCUT2D eigenvalue weighted by atomic mass is 10.1. The molecule has 2 rings (SSSR count). The molecule has 0 radical (unpaired) electrons. The van der Waals surface area contributed by atoms with Crippen molar-refractivity contribution in [1.82, 2.24) is 15.2 Å². The fraction of sp³-hybridized carbons (Fsp3) is 0.667. The first-order valence-electron chi connectivity index (χ1n) is 7.28.